The van der Waals surface area contributed by atoms with E-state index in [1.165, 1.54) is 0 Å². The molecule has 0 fully saturated rings. The summed E-state index contributed by atoms with van der Waals surface area (Å²) >= 11 is 0. The molecule has 0 bridgehead atoms. The van der Waals surface area contributed by atoms with E-state index in [9.17, 15) is 14.7 Å². The van der Waals surface area contributed by atoms with Crippen LogP contribution < -0.4 is 10.6 Å². The first-order valence-corrected chi connectivity index (χ1v) is 6.85. The van der Waals surface area contributed by atoms with Gasteiger partial charge in [0.15, 0.2) is 0 Å². The Kier molecular flexibility index (Phi) is 8.63. The van der Waals surface area contributed by atoms with Crippen LogP contribution in [0, 0.1) is 5.41 Å². The van der Waals surface area contributed by atoms with Crippen molar-refractivity contribution in [2.45, 2.75) is 33.6 Å². The van der Waals surface area contributed by atoms with Crippen LogP contribution in [-0.2, 0) is 9.53 Å². The molecule has 3 N–H and O–H groups in total. The Balaban J connectivity index is 3.97. The maximum absolute atomic E-state index is 11.6. The van der Waals surface area contributed by atoms with Gasteiger partial charge >= 0.3 is 12.0 Å². The first kappa shape index (κ1) is 18.4. The van der Waals surface area contributed by atoms with Crippen LogP contribution in [0.1, 0.15) is 33.6 Å². The zero-order valence-electron chi connectivity index (χ0n) is 12.6. The fourth-order valence-corrected chi connectivity index (χ4v) is 1.67. The minimum atomic E-state index is -0.895. The Hall–Kier alpha value is -1.56. The second kappa shape index (κ2) is 9.36. The molecular weight excluding hydrogens is 260 g/mol. The van der Waals surface area contributed by atoms with Gasteiger partial charge in [0.25, 0.3) is 0 Å². The molecule has 6 heteroatoms. The highest BCUT2D eigenvalue weighted by Crippen LogP contribution is 2.25. The summed E-state index contributed by atoms with van der Waals surface area (Å²) in [5, 5.41) is 14.5. The highest BCUT2D eigenvalue weighted by atomic mass is 16.5. The van der Waals surface area contributed by atoms with Gasteiger partial charge in [0.1, 0.15) is 0 Å². The molecule has 0 radical (unpaired) electrons. The second-order valence-electron chi connectivity index (χ2n) is 4.91. The fraction of sp³-hybridized carbons (Fsp3) is 0.714. The quantitative estimate of drug-likeness (QED) is 0.422. The summed E-state index contributed by atoms with van der Waals surface area (Å²) in [5.41, 5.74) is 0.0277. The maximum atomic E-state index is 11.6. The highest BCUT2D eigenvalue weighted by Gasteiger charge is 2.35. The minimum Gasteiger partial charge on any atom is -0.481 e. The number of amides is 2. The van der Waals surface area contributed by atoms with Crippen molar-refractivity contribution < 1.29 is 19.4 Å². The third kappa shape index (κ3) is 6.56. The van der Waals surface area contributed by atoms with Crippen LogP contribution in [0.4, 0.5) is 4.79 Å². The van der Waals surface area contributed by atoms with E-state index in [1.807, 2.05) is 20.8 Å². The van der Waals surface area contributed by atoms with Gasteiger partial charge in [-0.2, -0.15) is 0 Å². The molecule has 0 aromatic heterocycles. The van der Waals surface area contributed by atoms with Gasteiger partial charge in [-0.3, -0.25) is 4.79 Å². The standard InChI is InChI=1S/C14H26N2O4/c1-5-14(6-2,12(17)18)10-16-13(19)15-7-8-20-9-11(3)4/h3,5-10H2,1-2,4H3,(H,17,18)(H2,15,16,19). The van der Waals surface area contributed by atoms with Crippen molar-refractivity contribution in [2.75, 3.05) is 26.3 Å². The number of carboxylic acid groups (broad SMARTS) is 1. The number of ether oxygens (including phenoxy) is 1. The Morgan fingerprint density at radius 1 is 1.25 bits per heavy atom. The molecule has 6 nitrogen and oxygen atoms in total. The van der Waals surface area contributed by atoms with Crippen molar-refractivity contribution in [3.8, 4) is 0 Å². The van der Waals surface area contributed by atoms with Gasteiger partial charge < -0.3 is 20.5 Å². The predicted molar refractivity (Wildman–Crippen MR) is 77.7 cm³/mol. The van der Waals surface area contributed by atoms with Crippen molar-refractivity contribution >= 4 is 12.0 Å². The molecule has 20 heavy (non-hydrogen) atoms. The first-order valence-electron chi connectivity index (χ1n) is 6.85. The summed E-state index contributed by atoms with van der Waals surface area (Å²) in [5.74, 6) is -0.882. The Morgan fingerprint density at radius 2 is 1.85 bits per heavy atom. The topological polar surface area (TPSA) is 87.7 Å². The molecular formula is C14H26N2O4. The molecule has 2 amide bonds. The van der Waals surface area contributed by atoms with Gasteiger partial charge in [0.05, 0.1) is 18.6 Å². The summed E-state index contributed by atoms with van der Waals surface area (Å²) in [4.78, 5) is 22.8. The maximum Gasteiger partial charge on any atom is 0.314 e. The van der Waals surface area contributed by atoms with Gasteiger partial charge in [-0.05, 0) is 19.8 Å². The Labute approximate surface area is 120 Å². The number of hydrogen-bond acceptors (Lipinski definition) is 3. The van der Waals surface area contributed by atoms with Crippen LogP contribution in [0.5, 0.6) is 0 Å². The van der Waals surface area contributed by atoms with Crippen molar-refractivity contribution in [3.63, 3.8) is 0 Å². The normalized spacial score (nSPS) is 10.9. The molecule has 0 aliphatic heterocycles. The molecule has 0 rings (SSSR count). The number of nitrogens with one attached hydrogen (secondary N) is 2. The molecule has 0 aliphatic rings. The molecule has 0 saturated carbocycles. The summed E-state index contributed by atoms with van der Waals surface area (Å²) in [6.45, 7) is 10.5. The summed E-state index contributed by atoms with van der Waals surface area (Å²) in [6.07, 6.45) is 0.946. The number of carbonyl (C=O) groups excluding carboxylic acids is 1. The third-order valence-electron chi connectivity index (χ3n) is 3.27. The molecule has 0 spiro atoms. The average molecular weight is 286 g/mol. The number of hydrogen-bond donors (Lipinski definition) is 3. The molecule has 116 valence electrons. The Bertz CT molecular complexity index is 338. The summed E-state index contributed by atoms with van der Waals surface area (Å²) in [7, 11) is 0. The highest BCUT2D eigenvalue weighted by molar-refractivity contribution is 5.78. The van der Waals surface area contributed by atoms with E-state index in [0.717, 1.165) is 5.57 Å². The van der Waals surface area contributed by atoms with E-state index < -0.39 is 11.4 Å². The number of rotatable bonds is 10. The monoisotopic (exact) mass is 286 g/mol. The van der Waals surface area contributed by atoms with Crippen molar-refractivity contribution in [2.24, 2.45) is 5.41 Å². The van der Waals surface area contributed by atoms with Gasteiger partial charge in [-0.25, -0.2) is 4.79 Å². The molecule has 0 aromatic carbocycles. The lowest BCUT2D eigenvalue weighted by Crippen LogP contribution is -2.46. The fourth-order valence-electron chi connectivity index (χ4n) is 1.67. The minimum absolute atomic E-state index is 0.119. The molecule has 0 unspecified atom stereocenters. The summed E-state index contributed by atoms with van der Waals surface area (Å²) < 4.78 is 5.24. The van der Waals surface area contributed by atoms with Crippen LogP contribution in [-0.4, -0.2) is 43.4 Å². The number of urea groups is 1. The van der Waals surface area contributed by atoms with Crippen LogP contribution in [0.3, 0.4) is 0 Å². The zero-order valence-corrected chi connectivity index (χ0v) is 12.6. The number of aliphatic carboxylic acids is 1. The van der Waals surface area contributed by atoms with Crippen LogP contribution in [0.25, 0.3) is 0 Å². The molecule has 0 aliphatic carbocycles. The van der Waals surface area contributed by atoms with E-state index >= 15 is 0 Å². The lowest BCUT2D eigenvalue weighted by atomic mass is 9.82. The van der Waals surface area contributed by atoms with Crippen molar-refractivity contribution in [1.29, 1.82) is 0 Å². The third-order valence-corrected chi connectivity index (χ3v) is 3.27. The average Bonchev–Trinajstić information content (AvgIpc) is 2.39. The van der Waals surface area contributed by atoms with Crippen molar-refractivity contribution in [1.82, 2.24) is 10.6 Å². The van der Waals surface area contributed by atoms with Gasteiger partial charge in [-0.15, -0.1) is 0 Å². The van der Waals surface area contributed by atoms with Crippen LogP contribution in [0.15, 0.2) is 12.2 Å². The SMILES string of the molecule is C=C(C)COCCNC(=O)NCC(CC)(CC)C(=O)O. The second-order valence-corrected chi connectivity index (χ2v) is 4.91. The van der Waals surface area contributed by atoms with E-state index in [4.69, 9.17) is 4.74 Å². The Morgan fingerprint density at radius 3 is 2.30 bits per heavy atom. The van der Waals surface area contributed by atoms with Crippen LogP contribution >= 0.6 is 0 Å². The lowest BCUT2D eigenvalue weighted by molar-refractivity contribution is -0.149. The van der Waals surface area contributed by atoms with Crippen LogP contribution in [0.2, 0.25) is 0 Å². The van der Waals surface area contributed by atoms with E-state index in [1.54, 1.807) is 0 Å². The molecule has 0 aromatic rings. The van der Waals surface area contributed by atoms with Gasteiger partial charge in [-0.1, -0.05) is 26.0 Å². The van der Waals surface area contributed by atoms with Crippen molar-refractivity contribution in [3.05, 3.63) is 12.2 Å². The summed E-state index contributed by atoms with van der Waals surface area (Å²) in [6, 6.07) is -0.378. The van der Waals surface area contributed by atoms with E-state index in [-0.39, 0.29) is 12.6 Å². The molecule has 0 atom stereocenters. The molecule has 0 saturated heterocycles. The van der Waals surface area contributed by atoms with Gasteiger partial charge in [0, 0.05) is 13.1 Å². The lowest BCUT2D eigenvalue weighted by Gasteiger charge is -2.26. The van der Waals surface area contributed by atoms with E-state index in [2.05, 4.69) is 17.2 Å². The molecule has 0 heterocycles. The largest absolute Gasteiger partial charge is 0.481 e. The first-order chi connectivity index (χ1) is 9.38. The smallest absolute Gasteiger partial charge is 0.314 e. The van der Waals surface area contributed by atoms with Gasteiger partial charge in [0.2, 0.25) is 0 Å². The van der Waals surface area contributed by atoms with E-state index in [0.29, 0.717) is 32.6 Å². The zero-order chi connectivity index (χ0) is 15.6. The predicted octanol–water partition coefficient (Wildman–Crippen LogP) is 1.77. The number of carboxylic acids is 1. The number of carbonyl (C=O) groups is 2.